The van der Waals surface area contributed by atoms with Crippen molar-refractivity contribution in [2.75, 3.05) is 7.05 Å². The van der Waals surface area contributed by atoms with E-state index < -0.39 is 15.8 Å². The molecule has 0 saturated heterocycles. The number of aromatic nitrogens is 1. The van der Waals surface area contributed by atoms with Crippen LogP contribution < -0.4 is 0 Å². The molecule has 1 heterocycles. The molecule has 0 aliphatic heterocycles. The second-order valence-corrected chi connectivity index (χ2v) is 6.61. The summed E-state index contributed by atoms with van der Waals surface area (Å²) in [5, 5.41) is -0.133. The van der Waals surface area contributed by atoms with Crippen molar-refractivity contribution in [1.82, 2.24) is 9.29 Å². The fourth-order valence-corrected chi connectivity index (χ4v) is 3.34. The van der Waals surface area contributed by atoms with Crippen molar-refractivity contribution in [3.63, 3.8) is 0 Å². The van der Waals surface area contributed by atoms with E-state index in [2.05, 4.69) is 4.98 Å². The minimum Gasteiger partial charge on any atom is -0.265 e. The van der Waals surface area contributed by atoms with Crippen LogP contribution in [0.2, 0.25) is 5.02 Å². The van der Waals surface area contributed by atoms with Crippen LogP contribution in [0.15, 0.2) is 47.6 Å². The Bertz CT molecular complexity index is 708. The molecule has 0 amide bonds. The van der Waals surface area contributed by atoms with Crippen molar-refractivity contribution in [2.45, 2.75) is 11.4 Å². The van der Waals surface area contributed by atoms with Gasteiger partial charge in [-0.15, -0.1) is 0 Å². The van der Waals surface area contributed by atoms with Gasteiger partial charge in [-0.3, -0.25) is 4.98 Å². The smallest absolute Gasteiger partial charge is 0.244 e. The molecule has 0 saturated carbocycles. The standard InChI is InChI=1S/C13H12ClFN2O2S/c1-17(9-10-4-6-16-7-5-10)20(18,19)13-3-2-11(15)8-12(13)14/h2-8H,9H2,1H3. The van der Waals surface area contributed by atoms with Crippen LogP contribution in [0, 0.1) is 5.82 Å². The topological polar surface area (TPSA) is 50.3 Å². The van der Waals surface area contributed by atoms with Crippen molar-refractivity contribution in [3.05, 3.63) is 59.1 Å². The minimum absolute atomic E-state index is 0.114. The highest BCUT2D eigenvalue weighted by Gasteiger charge is 2.23. The number of hydrogen-bond acceptors (Lipinski definition) is 3. The molecule has 0 aliphatic carbocycles. The molecule has 106 valence electrons. The van der Waals surface area contributed by atoms with Gasteiger partial charge in [0.05, 0.1) is 5.02 Å². The van der Waals surface area contributed by atoms with Crippen LogP contribution in [0.5, 0.6) is 0 Å². The predicted molar refractivity (Wildman–Crippen MR) is 74.3 cm³/mol. The van der Waals surface area contributed by atoms with Gasteiger partial charge in [0.15, 0.2) is 0 Å². The van der Waals surface area contributed by atoms with Gasteiger partial charge >= 0.3 is 0 Å². The minimum atomic E-state index is -3.77. The number of hydrogen-bond donors (Lipinski definition) is 0. The van der Waals surface area contributed by atoms with E-state index in [1.54, 1.807) is 24.5 Å². The summed E-state index contributed by atoms with van der Waals surface area (Å²) < 4.78 is 38.9. The van der Waals surface area contributed by atoms with Gasteiger partial charge in [-0.05, 0) is 35.9 Å². The summed E-state index contributed by atoms with van der Waals surface area (Å²) in [6.45, 7) is 0.179. The monoisotopic (exact) mass is 314 g/mol. The Kier molecular flexibility index (Phi) is 4.37. The fourth-order valence-electron chi connectivity index (χ4n) is 1.68. The van der Waals surface area contributed by atoms with Crippen molar-refractivity contribution in [3.8, 4) is 0 Å². The molecule has 0 aliphatic rings. The second-order valence-electron chi connectivity index (χ2n) is 4.19. The lowest BCUT2D eigenvalue weighted by Crippen LogP contribution is -2.26. The highest BCUT2D eigenvalue weighted by molar-refractivity contribution is 7.89. The number of rotatable bonds is 4. The molecule has 0 radical (unpaired) electrons. The van der Waals surface area contributed by atoms with Gasteiger partial charge in [0.25, 0.3) is 0 Å². The molecule has 2 rings (SSSR count). The SMILES string of the molecule is CN(Cc1ccncc1)S(=O)(=O)c1ccc(F)cc1Cl. The zero-order chi connectivity index (χ0) is 14.8. The molecule has 0 fully saturated rings. The molecule has 0 bridgehead atoms. The van der Waals surface area contributed by atoms with Gasteiger partial charge in [-0.25, -0.2) is 12.8 Å². The van der Waals surface area contributed by atoms with Crippen LogP contribution in [0.4, 0.5) is 4.39 Å². The summed E-state index contributed by atoms with van der Waals surface area (Å²) >= 11 is 5.81. The van der Waals surface area contributed by atoms with Crippen LogP contribution in [0.25, 0.3) is 0 Å². The number of sulfonamides is 1. The Morgan fingerprint density at radius 2 is 1.90 bits per heavy atom. The largest absolute Gasteiger partial charge is 0.265 e. The van der Waals surface area contributed by atoms with Crippen LogP contribution in [-0.4, -0.2) is 24.8 Å². The maximum Gasteiger partial charge on any atom is 0.244 e. The normalized spacial score (nSPS) is 11.8. The Morgan fingerprint density at radius 1 is 1.25 bits per heavy atom. The average molecular weight is 315 g/mol. The molecule has 0 spiro atoms. The van der Waals surface area contributed by atoms with Gasteiger partial charge in [-0.1, -0.05) is 11.6 Å². The summed E-state index contributed by atoms with van der Waals surface area (Å²) in [6.07, 6.45) is 3.17. The lowest BCUT2D eigenvalue weighted by molar-refractivity contribution is 0.466. The zero-order valence-corrected chi connectivity index (χ0v) is 12.2. The first-order valence-corrected chi connectivity index (χ1v) is 7.53. The molecular weight excluding hydrogens is 303 g/mol. The van der Waals surface area contributed by atoms with E-state index in [-0.39, 0.29) is 16.5 Å². The highest BCUT2D eigenvalue weighted by Crippen LogP contribution is 2.25. The maximum atomic E-state index is 13.0. The zero-order valence-electron chi connectivity index (χ0n) is 10.6. The Balaban J connectivity index is 2.30. The Hall–Kier alpha value is -1.50. The number of nitrogens with zero attached hydrogens (tertiary/aromatic N) is 2. The van der Waals surface area contributed by atoms with E-state index in [0.717, 1.165) is 28.1 Å². The van der Waals surface area contributed by atoms with E-state index in [4.69, 9.17) is 11.6 Å². The van der Waals surface area contributed by atoms with Crippen LogP contribution in [0.1, 0.15) is 5.56 Å². The first-order chi connectivity index (χ1) is 9.41. The van der Waals surface area contributed by atoms with Gasteiger partial charge < -0.3 is 0 Å². The van der Waals surface area contributed by atoms with Crippen molar-refractivity contribution < 1.29 is 12.8 Å². The van der Waals surface area contributed by atoms with Crippen molar-refractivity contribution in [1.29, 1.82) is 0 Å². The molecule has 0 atom stereocenters. The van der Waals surface area contributed by atoms with E-state index in [0.29, 0.717) is 0 Å². The van der Waals surface area contributed by atoms with Crippen LogP contribution in [0.3, 0.4) is 0 Å². The van der Waals surface area contributed by atoms with Crippen molar-refractivity contribution in [2.24, 2.45) is 0 Å². The van der Waals surface area contributed by atoms with Crippen molar-refractivity contribution >= 4 is 21.6 Å². The molecule has 0 unspecified atom stereocenters. The summed E-state index contributed by atoms with van der Waals surface area (Å²) in [5.41, 5.74) is 0.796. The average Bonchev–Trinajstić information content (AvgIpc) is 2.39. The first-order valence-electron chi connectivity index (χ1n) is 5.71. The molecule has 4 nitrogen and oxygen atoms in total. The van der Waals surface area contributed by atoms with Gasteiger partial charge in [0.1, 0.15) is 10.7 Å². The second kappa shape index (κ2) is 5.87. The lowest BCUT2D eigenvalue weighted by atomic mass is 10.3. The van der Waals surface area contributed by atoms with E-state index in [9.17, 15) is 12.8 Å². The summed E-state index contributed by atoms with van der Waals surface area (Å²) in [7, 11) is -2.33. The predicted octanol–water partition coefficient (Wildman–Crippen LogP) is 2.69. The third-order valence-electron chi connectivity index (χ3n) is 2.74. The number of pyridine rings is 1. The third-order valence-corrected chi connectivity index (χ3v) is 5.02. The van der Waals surface area contributed by atoms with Gasteiger partial charge in [0.2, 0.25) is 10.0 Å². The molecule has 1 aromatic carbocycles. The molecular formula is C13H12ClFN2O2S. The van der Waals surface area contributed by atoms with Crippen LogP contribution >= 0.6 is 11.6 Å². The third kappa shape index (κ3) is 3.15. The summed E-state index contributed by atoms with van der Waals surface area (Å²) in [6, 6.07) is 6.65. The summed E-state index contributed by atoms with van der Waals surface area (Å²) in [4.78, 5) is 3.75. The number of halogens is 2. The van der Waals surface area contributed by atoms with Crippen LogP contribution in [-0.2, 0) is 16.6 Å². The van der Waals surface area contributed by atoms with E-state index >= 15 is 0 Å². The molecule has 0 N–H and O–H groups in total. The molecule has 20 heavy (non-hydrogen) atoms. The fraction of sp³-hybridized carbons (Fsp3) is 0.154. The van der Waals surface area contributed by atoms with E-state index in [1.165, 1.54) is 7.05 Å². The van der Waals surface area contributed by atoms with E-state index in [1.807, 2.05) is 0 Å². The quantitative estimate of drug-likeness (QED) is 0.872. The number of benzene rings is 1. The van der Waals surface area contributed by atoms with Gasteiger partial charge in [-0.2, -0.15) is 4.31 Å². The highest BCUT2D eigenvalue weighted by atomic mass is 35.5. The Morgan fingerprint density at radius 3 is 2.50 bits per heavy atom. The maximum absolute atomic E-state index is 13.0. The lowest BCUT2D eigenvalue weighted by Gasteiger charge is -2.18. The first kappa shape index (κ1) is 14.9. The Labute approximate surface area is 121 Å². The molecule has 1 aromatic heterocycles. The van der Waals surface area contributed by atoms with Gasteiger partial charge in [0, 0.05) is 26.0 Å². The summed E-state index contributed by atoms with van der Waals surface area (Å²) in [5.74, 6) is -0.578. The molecule has 2 aromatic rings. The molecule has 7 heteroatoms.